The summed E-state index contributed by atoms with van der Waals surface area (Å²) in [7, 11) is 0. The molecule has 21 heavy (non-hydrogen) atoms. The van der Waals surface area contributed by atoms with E-state index >= 15 is 0 Å². The Morgan fingerprint density at radius 3 is 2.67 bits per heavy atom. The van der Waals surface area contributed by atoms with Gasteiger partial charge in [-0.2, -0.15) is 0 Å². The van der Waals surface area contributed by atoms with E-state index in [0.29, 0.717) is 17.8 Å². The quantitative estimate of drug-likeness (QED) is 0.744. The van der Waals surface area contributed by atoms with Gasteiger partial charge in [-0.15, -0.1) is 0 Å². The maximum absolute atomic E-state index is 6.29. The molecule has 3 nitrogen and oxygen atoms in total. The molecule has 0 saturated carbocycles. The lowest BCUT2D eigenvalue weighted by atomic mass is 9.74. The van der Waals surface area contributed by atoms with E-state index in [1.165, 1.54) is 44.3 Å². The fourth-order valence-electron chi connectivity index (χ4n) is 4.50. The van der Waals surface area contributed by atoms with E-state index in [9.17, 15) is 0 Å². The molecule has 0 aromatic carbocycles. The minimum absolute atomic E-state index is 0.00846. The summed E-state index contributed by atoms with van der Waals surface area (Å²) in [6.07, 6.45) is 7.97. The number of likely N-dealkylation sites (tertiary alicyclic amines) is 1. The summed E-state index contributed by atoms with van der Waals surface area (Å²) >= 11 is 0. The van der Waals surface area contributed by atoms with Gasteiger partial charge < -0.3 is 14.4 Å². The Morgan fingerprint density at radius 1 is 1.19 bits per heavy atom. The van der Waals surface area contributed by atoms with Crippen molar-refractivity contribution >= 4 is 0 Å². The molecule has 2 saturated heterocycles. The van der Waals surface area contributed by atoms with Crippen LogP contribution < -0.4 is 0 Å². The van der Waals surface area contributed by atoms with E-state index < -0.39 is 0 Å². The van der Waals surface area contributed by atoms with Crippen LogP contribution in [0.2, 0.25) is 0 Å². The second-order valence-corrected chi connectivity index (χ2v) is 7.45. The first-order valence-electron chi connectivity index (χ1n) is 8.80. The van der Waals surface area contributed by atoms with E-state index in [2.05, 4.69) is 31.7 Å². The molecule has 3 heteroatoms. The summed E-state index contributed by atoms with van der Waals surface area (Å²) in [5.41, 5.74) is 1.52. The van der Waals surface area contributed by atoms with Crippen LogP contribution in [0.1, 0.15) is 46.5 Å². The predicted octanol–water partition coefficient (Wildman–Crippen LogP) is 3.45. The highest BCUT2D eigenvalue weighted by Gasteiger charge is 2.40. The first-order valence-corrected chi connectivity index (χ1v) is 8.80. The van der Waals surface area contributed by atoms with Crippen molar-refractivity contribution in [1.29, 1.82) is 0 Å². The third-order valence-electron chi connectivity index (χ3n) is 5.45. The Morgan fingerprint density at radius 2 is 1.95 bits per heavy atom. The van der Waals surface area contributed by atoms with Gasteiger partial charge in [-0.3, -0.25) is 0 Å². The molecule has 0 aromatic heterocycles. The van der Waals surface area contributed by atoms with E-state index in [1.54, 1.807) is 0 Å². The van der Waals surface area contributed by atoms with Crippen molar-refractivity contribution in [3.8, 4) is 0 Å². The summed E-state index contributed by atoms with van der Waals surface area (Å²) in [6, 6.07) is 0. The number of piperidine rings is 1. The molecule has 0 aromatic rings. The number of hydrogen-bond donors (Lipinski definition) is 0. The van der Waals surface area contributed by atoms with Gasteiger partial charge in [0, 0.05) is 12.5 Å². The zero-order valence-corrected chi connectivity index (χ0v) is 13.9. The Bertz CT molecular complexity index is 375. The monoisotopic (exact) mass is 293 g/mol. The van der Waals surface area contributed by atoms with Crippen LogP contribution in [-0.2, 0) is 9.47 Å². The number of nitrogens with zero attached hydrogens (tertiary/aromatic N) is 1. The summed E-state index contributed by atoms with van der Waals surface area (Å²) < 4.78 is 12.3. The van der Waals surface area contributed by atoms with Crippen molar-refractivity contribution < 1.29 is 9.47 Å². The fraction of sp³-hybridized carbons (Fsp3) is 0.889. The van der Waals surface area contributed by atoms with Gasteiger partial charge >= 0.3 is 0 Å². The zero-order chi connectivity index (χ0) is 14.8. The molecule has 3 aliphatic rings. The van der Waals surface area contributed by atoms with Crippen LogP contribution >= 0.6 is 0 Å². The van der Waals surface area contributed by atoms with Crippen molar-refractivity contribution in [1.82, 2.24) is 4.90 Å². The highest BCUT2D eigenvalue weighted by molar-refractivity contribution is 5.09. The highest BCUT2D eigenvalue weighted by Crippen LogP contribution is 2.39. The average molecular weight is 293 g/mol. The van der Waals surface area contributed by atoms with Crippen LogP contribution in [0, 0.1) is 17.8 Å². The Kier molecular flexibility index (Phi) is 5.03. The minimum Gasteiger partial charge on any atom is -0.350 e. The van der Waals surface area contributed by atoms with Gasteiger partial charge in [-0.05, 0) is 51.1 Å². The van der Waals surface area contributed by atoms with Crippen LogP contribution in [0.15, 0.2) is 11.6 Å². The van der Waals surface area contributed by atoms with Gasteiger partial charge in [-0.25, -0.2) is 0 Å². The highest BCUT2D eigenvalue weighted by atomic mass is 16.7. The number of allylic oxidation sites excluding steroid dienone is 2. The molecule has 0 amide bonds. The maximum atomic E-state index is 6.29. The Hall–Kier alpha value is -0.380. The van der Waals surface area contributed by atoms with Crippen LogP contribution in [0.3, 0.4) is 0 Å². The van der Waals surface area contributed by atoms with E-state index in [1.807, 2.05) is 0 Å². The van der Waals surface area contributed by atoms with Crippen molar-refractivity contribution in [3.63, 3.8) is 0 Å². The summed E-state index contributed by atoms with van der Waals surface area (Å²) in [5, 5.41) is 0. The molecule has 0 unspecified atom stereocenters. The summed E-state index contributed by atoms with van der Waals surface area (Å²) in [6.45, 7) is 11.2. The van der Waals surface area contributed by atoms with Gasteiger partial charge in [0.05, 0.1) is 12.7 Å². The fourth-order valence-corrected chi connectivity index (χ4v) is 4.50. The molecule has 0 N–H and O–H groups in total. The first kappa shape index (κ1) is 15.5. The molecule has 0 bridgehead atoms. The molecular weight excluding hydrogens is 262 g/mol. The minimum atomic E-state index is 0.00846. The molecule has 0 spiro atoms. The second kappa shape index (κ2) is 6.80. The predicted molar refractivity (Wildman–Crippen MR) is 85.1 cm³/mol. The number of hydrogen-bond acceptors (Lipinski definition) is 3. The van der Waals surface area contributed by atoms with E-state index in [0.717, 1.165) is 13.2 Å². The SMILES string of the molecule is CC1=C[C@@H](C)[C@H]([C@@H]2OC[C@H](CN3CCCCC3)O2)[C@@H](C)C1. The normalized spacial score (nSPS) is 42.0. The molecule has 3 rings (SSSR count). The average Bonchev–Trinajstić information content (AvgIpc) is 2.87. The standard InChI is InChI=1S/C18H31NO2/c1-13-9-14(2)17(15(3)10-13)18-20-12-16(21-18)11-19-7-5-4-6-8-19/h9,14-18H,4-8,10-12H2,1-3H3/t14-,15+,16+,17+,18-/m1/s1. The second-order valence-electron chi connectivity index (χ2n) is 7.45. The molecule has 5 atom stereocenters. The topological polar surface area (TPSA) is 21.7 Å². The smallest absolute Gasteiger partial charge is 0.161 e. The molecule has 120 valence electrons. The van der Waals surface area contributed by atoms with Crippen molar-refractivity contribution in [2.75, 3.05) is 26.2 Å². The van der Waals surface area contributed by atoms with Crippen LogP contribution in [-0.4, -0.2) is 43.5 Å². The summed E-state index contributed by atoms with van der Waals surface area (Å²) in [5.74, 6) is 1.73. The lowest BCUT2D eigenvalue weighted by molar-refractivity contribution is -0.123. The molecule has 2 fully saturated rings. The summed E-state index contributed by atoms with van der Waals surface area (Å²) in [4.78, 5) is 2.55. The van der Waals surface area contributed by atoms with Crippen LogP contribution in [0.4, 0.5) is 0 Å². The van der Waals surface area contributed by atoms with Crippen LogP contribution in [0.5, 0.6) is 0 Å². The largest absolute Gasteiger partial charge is 0.350 e. The first-order chi connectivity index (χ1) is 10.1. The zero-order valence-electron chi connectivity index (χ0n) is 13.9. The third-order valence-corrected chi connectivity index (χ3v) is 5.45. The van der Waals surface area contributed by atoms with Crippen molar-refractivity contribution in [3.05, 3.63) is 11.6 Å². The molecule has 1 aliphatic carbocycles. The number of ether oxygens (including phenoxy) is 2. The van der Waals surface area contributed by atoms with Crippen molar-refractivity contribution in [2.45, 2.75) is 58.8 Å². The lowest BCUT2D eigenvalue weighted by Crippen LogP contribution is -2.39. The molecule has 0 radical (unpaired) electrons. The van der Waals surface area contributed by atoms with Gasteiger partial charge in [-0.1, -0.05) is 31.9 Å². The van der Waals surface area contributed by atoms with Gasteiger partial charge in [0.2, 0.25) is 0 Å². The molecule has 2 heterocycles. The van der Waals surface area contributed by atoms with Gasteiger partial charge in [0.25, 0.3) is 0 Å². The lowest BCUT2D eigenvalue weighted by Gasteiger charge is -2.36. The maximum Gasteiger partial charge on any atom is 0.161 e. The van der Waals surface area contributed by atoms with Gasteiger partial charge in [0.1, 0.15) is 0 Å². The Balaban J connectivity index is 1.54. The van der Waals surface area contributed by atoms with E-state index in [-0.39, 0.29) is 12.4 Å². The van der Waals surface area contributed by atoms with Crippen LogP contribution in [0.25, 0.3) is 0 Å². The number of rotatable bonds is 3. The molecule has 2 aliphatic heterocycles. The van der Waals surface area contributed by atoms with Crippen molar-refractivity contribution in [2.24, 2.45) is 17.8 Å². The third kappa shape index (κ3) is 3.69. The van der Waals surface area contributed by atoms with E-state index in [4.69, 9.17) is 9.47 Å². The van der Waals surface area contributed by atoms with Gasteiger partial charge in [0.15, 0.2) is 6.29 Å². The Labute approximate surface area is 129 Å². The molecular formula is C18H31NO2.